The standard InChI is InChI=1S/C27H27FN4O/c1-3-17-32-26(27(33)30-18-22-8-6-5-7-19(22)4-2)24(20-13-15-29-16-14-20)25(31-32)21-9-11-23(28)12-10-21/h5-16H,3-4,17-18H2,1-2H3,(H,30,33). The largest absolute Gasteiger partial charge is 0.347 e. The van der Waals surface area contributed by atoms with E-state index in [9.17, 15) is 9.18 Å². The van der Waals surface area contributed by atoms with Gasteiger partial charge in [-0.2, -0.15) is 5.10 Å². The van der Waals surface area contributed by atoms with Crippen LogP contribution in [-0.2, 0) is 19.5 Å². The van der Waals surface area contributed by atoms with Gasteiger partial charge in [0.1, 0.15) is 17.2 Å². The van der Waals surface area contributed by atoms with Crippen molar-refractivity contribution in [3.63, 3.8) is 0 Å². The molecule has 4 aromatic rings. The number of carbonyl (C=O) groups is 1. The van der Waals surface area contributed by atoms with E-state index in [0.717, 1.165) is 35.1 Å². The maximum absolute atomic E-state index is 13.6. The molecule has 1 N–H and O–H groups in total. The molecule has 0 bridgehead atoms. The number of nitrogens with zero attached hydrogens (tertiary/aromatic N) is 3. The van der Waals surface area contributed by atoms with Gasteiger partial charge in [0.05, 0.1) is 0 Å². The van der Waals surface area contributed by atoms with E-state index < -0.39 is 0 Å². The Hall–Kier alpha value is -3.80. The second-order valence-corrected chi connectivity index (χ2v) is 7.84. The highest BCUT2D eigenvalue weighted by Crippen LogP contribution is 2.35. The highest BCUT2D eigenvalue weighted by Gasteiger charge is 2.25. The molecule has 6 heteroatoms. The van der Waals surface area contributed by atoms with Crippen molar-refractivity contribution in [2.45, 2.75) is 39.8 Å². The monoisotopic (exact) mass is 442 g/mol. The quantitative estimate of drug-likeness (QED) is 0.383. The number of rotatable bonds is 8. The zero-order chi connectivity index (χ0) is 23.2. The van der Waals surface area contributed by atoms with Crippen molar-refractivity contribution in [3.8, 4) is 22.4 Å². The van der Waals surface area contributed by atoms with E-state index in [-0.39, 0.29) is 11.7 Å². The van der Waals surface area contributed by atoms with Gasteiger partial charge >= 0.3 is 0 Å². The van der Waals surface area contributed by atoms with Crippen LogP contribution in [-0.4, -0.2) is 20.7 Å². The highest BCUT2D eigenvalue weighted by atomic mass is 19.1. The van der Waals surface area contributed by atoms with Gasteiger partial charge < -0.3 is 5.32 Å². The van der Waals surface area contributed by atoms with E-state index in [2.05, 4.69) is 23.3 Å². The first-order chi connectivity index (χ1) is 16.1. The molecule has 0 aliphatic carbocycles. The molecule has 168 valence electrons. The maximum atomic E-state index is 13.6. The molecule has 0 unspecified atom stereocenters. The van der Waals surface area contributed by atoms with Crippen LogP contribution in [0.3, 0.4) is 0 Å². The van der Waals surface area contributed by atoms with E-state index in [0.29, 0.717) is 24.5 Å². The molecule has 5 nitrogen and oxygen atoms in total. The molecule has 1 amide bonds. The van der Waals surface area contributed by atoms with Crippen molar-refractivity contribution in [2.24, 2.45) is 0 Å². The Morgan fingerprint density at radius 2 is 1.64 bits per heavy atom. The average Bonchev–Trinajstić information content (AvgIpc) is 3.23. The number of hydrogen-bond acceptors (Lipinski definition) is 3. The Morgan fingerprint density at radius 3 is 2.30 bits per heavy atom. The van der Waals surface area contributed by atoms with Gasteiger partial charge in [0.25, 0.3) is 5.91 Å². The van der Waals surface area contributed by atoms with Gasteiger partial charge in [-0.25, -0.2) is 4.39 Å². The van der Waals surface area contributed by atoms with Crippen molar-refractivity contribution < 1.29 is 9.18 Å². The Morgan fingerprint density at radius 1 is 0.939 bits per heavy atom. The van der Waals surface area contributed by atoms with E-state index in [1.165, 1.54) is 17.7 Å². The fourth-order valence-corrected chi connectivity index (χ4v) is 4.00. The number of aromatic nitrogens is 3. The van der Waals surface area contributed by atoms with E-state index in [1.54, 1.807) is 29.2 Å². The summed E-state index contributed by atoms with van der Waals surface area (Å²) in [6, 6.07) is 18.0. The second kappa shape index (κ2) is 10.2. The molecule has 2 aromatic heterocycles. The van der Waals surface area contributed by atoms with Crippen LogP contribution >= 0.6 is 0 Å². The third-order valence-corrected chi connectivity index (χ3v) is 5.63. The van der Waals surface area contributed by atoms with Crippen LogP contribution in [0.4, 0.5) is 4.39 Å². The molecule has 0 saturated heterocycles. The van der Waals surface area contributed by atoms with E-state index >= 15 is 0 Å². The van der Waals surface area contributed by atoms with Crippen LogP contribution in [0.2, 0.25) is 0 Å². The van der Waals surface area contributed by atoms with Gasteiger partial charge in [0.15, 0.2) is 0 Å². The fourth-order valence-electron chi connectivity index (χ4n) is 4.00. The number of benzene rings is 2. The number of carbonyl (C=O) groups excluding carboxylic acids is 1. The molecule has 4 rings (SSSR count). The molecule has 2 aromatic carbocycles. The van der Waals surface area contributed by atoms with Crippen LogP contribution in [0, 0.1) is 5.82 Å². The first-order valence-corrected chi connectivity index (χ1v) is 11.2. The number of hydrogen-bond donors (Lipinski definition) is 1. The summed E-state index contributed by atoms with van der Waals surface area (Å²) in [4.78, 5) is 17.7. The van der Waals surface area contributed by atoms with Gasteiger partial charge in [-0.1, -0.05) is 38.1 Å². The lowest BCUT2D eigenvalue weighted by atomic mass is 9.99. The van der Waals surface area contributed by atoms with Gasteiger partial charge in [0.2, 0.25) is 0 Å². The minimum Gasteiger partial charge on any atom is -0.347 e. The zero-order valence-electron chi connectivity index (χ0n) is 18.9. The van der Waals surface area contributed by atoms with Gasteiger partial charge in [-0.3, -0.25) is 14.5 Å². The van der Waals surface area contributed by atoms with Crippen LogP contribution in [0.25, 0.3) is 22.4 Å². The molecule has 0 aliphatic rings. The summed E-state index contributed by atoms with van der Waals surface area (Å²) in [6.45, 7) is 5.17. The van der Waals surface area contributed by atoms with Crippen LogP contribution < -0.4 is 5.32 Å². The van der Waals surface area contributed by atoms with E-state index in [4.69, 9.17) is 5.10 Å². The Bertz CT molecular complexity index is 1230. The number of halogens is 1. The summed E-state index contributed by atoms with van der Waals surface area (Å²) in [6.07, 6.45) is 5.11. The molecule has 0 spiro atoms. The van der Waals surface area contributed by atoms with Gasteiger partial charge in [-0.05, 0) is 65.9 Å². The maximum Gasteiger partial charge on any atom is 0.270 e. The topological polar surface area (TPSA) is 59.8 Å². The van der Waals surface area contributed by atoms with Crippen molar-refractivity contribution in [1.82, 2.24) is 20.1 Å². The highest BCUT2D eigenvalue weighted by molar-refractivity contribution is 6.03. The van der Waals surface area contributed by atoms with Crippen LogP contribution in [0.5, 0.6) is 0 Å². The number of amides is 1. The molecule has 0 aliphatic heterocycles. The van der Waals surface area contributed by atoms with Crippen LogP contribution in [0.1, 0.15) is 41.9 Å². The smallest absolute Gasteiger partial charge is 0.270 e. The molecular weight excluding hydrogens is 415 g/mol. The molecule has 0 radical (unpaired) electrons. The van der Waals surface area contributed by atoms with E-state index in [1.807, 2.05) is 37.3 Å². The summed E-state index contributed by atoms with van der Waals surface area (Å²) in [7, 11) is 0. The molecule has 0 fully saturated rings. The SMILES string of the molecule is CCCn1nc(-c2ccc(F)cc2)c(-c2ccncc2)c1C(=O)NCc1ccccc1CC. The first kappa shape index (κ1) is 22.4. The first-order valence-electron chi connectivity index (χ1n) is 11.2. The minimum atomic E-state index is -0.315. The lowest BCUT2D eigenvalue weighted by molar-refractivity contribution is 0.0940. The number of pyridine rings is 1. The molecule has 0 atom stereocenters. The predicted molar refractivity (Wildman–Crippen MR) is 128 cm³/mol. The van der Waals surface area contributed by atoms with Crippen molar-refractivity contribution in [1.29, 1.82) is 0 Å². The normalized spacial score (nSPS) is 10.9. The lowest BCUT2D eigenvalue weighted by Crippen LogP contribution is -2.27. The molecule has 33 heavy (non-hydrogen) atoms. The fraction of sp³-hybridized carbons (Fsp3) is 0.222. The van der Waals surface area contributed by atoms with Crippen LogP contribution in [0.15, 0.2) is 73.1 Å². The Balaban J connectivity index is 1.80. The summed E-state index contributed by atoms with van der Waals surface area (Å²) < 4.78 is 15.3. The second-order valence-electron chi connectivity index (χ2n) is 7.84. The molecule has 0 saturated carbocycles. The summed E-state index contributed by atoms with van der Waals surface area (Å²) >= 11 is 0. The zero-order valence-corrected chi connectivity index (χ0v) is 18.9. The summed E-state index contributed by atoms with van der Waals surface area (Å²) in [5, 5.41) is 7.90. The molecular formula is C27H27FN4O. The Kier molecular flexibility index (Phi) is 6.93. The third-order valence-electron chi connectivity index (χ3n) is 5.63. The Labute approximate surface area is 193 Å². The van der Waals surface area contributed by atoms with Crippen molar-refractivity contribution in [3.05, 3.63) is 95.7 Å². The number of nitrogens with one attached hydrogen (secondary N) is 1. The van der Waals surface area contributed by atoms with Crippen molar-refractivity contribution in [2.75, 3.05) is 0 Å². The van der Waals surface area contributed by atoms with Gasteiger partial charge in [0, 0.05) is 36.6 Å². The lowest BCUT2D eigenvalue weighted by Gasteiger charge is -2.12. The average molecular weight is 443 g/mol. The minimum absolute atomic E-state index is 0.193. The molecule has 2 heterocycles. The van der Waals surface area contributed by atoms with Crippen molar-refractivity contribution >= 4 is 5.91 Å². The number of aryl methyl sites for hydroxylation is 2. The van der Waals surface area contributed by atoms with Gasteiger partial charge in [-0.15, -0.1) is 0 Å². The third kappa shape index (κ3) is 4.85. The summed E-state index contributed by atoms with van der Waals surface area (Å²) in [5.74, 6) is -0.508. The predicted octanol–water partition coefficient (Wildman–Crippen LogP) is 5.65. The summed E-state index contributed by atoms with van der Waals surface area (Å²) in [5.41, 5.74) is 5.76.